The molecule has 0 bridgehead atoms. The Labute approximate surface area is 92.7 Å². The van der Waals surface area contributed by atoms with Crippen LogP contribution in [0.2, 0.25) is 0 Å². The lowest BCUT2D eigenvalue weighted by molar-refractivity contribution is -0.111. The largest absolute Gasteiger partial charge is 0.308 e. The van der Waals surface area contributed by atoms with Crippen LogP contribution in [0.4, 0.5) is 0 Å². The van der Waals surface area contributed by atoms with E-state index in [0.717, 1.165) is 0 Å². The van der Waals surface area contributed by atoms with Crippen LogP contribution in [0.25, 0.3) is 0 Å². The molecule has 0 aromatic heterocycles. The van der Waals surface area contributed by atoms with E-state index in [1.807, 2.05) is 0 Å². The Morgan fingerprint density at radius 3 is 1.62 bits per heavy atom. The van der Waals surface area contributed by atoms with Gasteiger partial charge in [-0.15, -0.1) is 0 Å². The molecule has 0 atom stereocenters. The molecule has 2 aliphatic rings. The van der Waals surface area contributed by atoms with Gasteiger partial charge in [0.05, 0.1) is 0 Å². The number of rotatable bonds is 0. The molecule has 7 heteroatoms. The van der Waals surface area contributed by atoms with E-state index >= 15 is 0 Å². The highest BCUT2D eigenvalue weighted by Crippen LogP contribution is 2.53. The summed E-state index contributed by atoms with van der Waals surface area (Å²) in [7, 11) is 0. The van der Waals surface area contributed by atoms with Crippen LogP contribution >= 0.6 is 46.4 Å². The van der Waals surface area contributed by atoms with Crippen LogP contribution in [0, 0.1) is 0 Å². The van der Waals surface area contributed by atoms with Gasteiger partial charge in [-0.1, -0.05) is 46.4 Å². The Balaban J connectivity index is 2.59. The number of ketones is 1. The highest BCUT2D eigenvalue weighted by molar-refractivity contribution is 6.61. The van der Waals surface area contributed by atoms with Gasteiger partial charge in [0.25, 0.3) is 0 Å². The molecule has 1 saturated heterocycles. The number of hydrogen-bond acceptors (Lipinski definition) is 3. The van der Waals surface area contributed by atoms with Crippen LogP contribution < -0.4 is 0 Å². The van der Waals surface area contributed by atoms with Crippen LogP contribution in [0.3, 0.4) is 0 Å². The number of Topliss-reactive ketones (excluding diaryl/α,β-unsaturated/α-hetero) is 1. The molecule has 70 valence electrons. The minimum absolute atomic E-state index is 0.103. The van der Waals surface area contributed by atoms with Gasteiger partial charge in [-0.05, 0) is 0 Å². The molecule has 0 unspecified atom stereocenters. The van der Waals surface area contributed by atoms with Crippen molar-refractivity contribution in [1.29, 1.82) is 0 Å². The minimum Gasteiger partial charge on any atom is -0.287 e. The van der Waals surface area contributed by atoms with Gasteiger partial charge in [-0.3, -0.25) is 4.79 Å². The minimum atomic E-state index is -1.43. The van der Waals surface area contributed by atoms with Crippen molar-refractivity contribution in [2.75, 3.05) is 0 Å². The summed E-state index contributed by atoms with van der Waals surface area (Å²) in [5, 5.41) is -0.690. The molecular formula is C6Cl4O3. The summed E-state index contributed by atoms with van der Waals surface area (Å²) in [6.45, 7) is 0. The van der Waals surface area contributed by atoms with Crippen molar-refractivity contribution in [2.24, 2.45) is 0 Å². The predicted molar refractivity (Wildman–Crippen MR) is 47.4 cm³/mol. The lowest BCUT2D eigenvalue weighted by Crippen LogP contribution is -2.22. The second-order valence-corrected chi connectivity index (χ2v) is 3.88. The maximum absolute atomic E-state index is 11.2. The first-order chi connectivity index (χ1) is 6.00. The van der Waals surface area contributed by atoms with Crippen molar-refractivity contribution in [1.82, 2.24) is 0 Å². The van der Waals surface area contributed by atoms with Crippen LogP contribution in [0.5, 0.6) is 0 Å². The Kier molecular flexibility index (Phi) is 2.15. The van der Waals surface area contributed by atoms with E-state index in [4.69, 9.17) is 46.4 Å². The number of hydrogen-bond donors (Lipinski definition) is 0. The molecule has 1 fully saturated rings. The number of allylic oxidation sites excluding steroid dienone is 2. The van der Waals surface area contributed by atoms with E-state index in [2.05, 4.69) is 9.78 Å². The van der Waals surface area contributed by atoms with Crippen LogP contribution in [-0.2, 0) is 14.6 Å². The third kappa shape index (κ3) is 1.16. The molecule has 1 heterocycles. The summed E-state index contributed by atoms with van der Waals surface area (Å²) in [5.41, 5.74) is 0. The van der Waals surface area contributed by atoms with Gasteiger partial charge < -0.3 is 0 Å². The summed E-state index contributed by atoms with van der Waals surface area (Å²) in [6, 6.07) is 0. The normalized spacial score (nSPS) is 26.0. The van der Waals surface area contributed by atoms with E-state index in [1.165, 1.54) is 0 Å². The first kappa shape index (κ1) is 9.77. The second-order valence-electron chi connectivity index (χ2n) is 2.37. The van der Waals surface area contributed by atoms with Gasteiger partial charge >= 0.3 is 5.79 Å². The number of halogens is 4. The zero-order valence-corrected chi connectivity index (χ0v) is 8.76. The lowest BCUT2D eigenvalue weighted by Gasteiger charge is -2.13. The summed E-state index contributed by atoms with van der Waals surface area (Å²) in [6.07, 6.45) is 0. The molecule has 0 aromatic carbocycles. The molecule has 1 spiro atoms. The summed E-state index contributed by atoms with van der Waals surface area (Å²) in [5.74, 6) is -2.06. The van der Waals surface area contributed by atoms with Gasteiger partial charge in [0.1, 0.15) is 20.1 Å². The van der Waals surface area contributed by atoms with E-state index in [-0.39, 0.29) is 20.1 Å². The Morgan fingerprint density at radius 1 is 0.923 bits per heavy atom. The van der Waals surface area contributed by atoms with Crippen molar-refractivity contribution in [3.63, 3.8) is 0 Å². The number of carbonyl (C=O) groups excluding carboxylic acids is 1. The standard InChI is InChI=1S/C6Cl4O3/c7-1-3(11)2(8)5(10)6(4(1)9)12-13-6. The van der Waals surface area contributed by atoms with Crippen molar-refractivity contribution in [3.05, 3.63) is 20.1 Å². The van der Waals surface area contributed by atoms with Crippen molar-refractivity contribution >= 4 is 52.2 Å². The zero-order valence-electron chi connectivity index (χ0n) is 5.74. The van der Waals surface area contributed by atoms with Gasteiger partial charge in [-0.2, -0.15) is 9.78 Å². The van der Waals surface area contributed by atoms with E-state index in [0.29, 0.717) is 0 Å². The van der Waals surface area contributed by atoms with Crippen LogP contribution in [0.15, 0.2) is 20.1 Å². The summed E-state index contributed by atoms with van der Waals surface area (Å²) in [4.78, 5) is 20.3. The molecule has 1 aliphatic carbocycles. The third-order valence-electron chi connectivity index (χ3n) is 1.61. The third-order valence-corrected chi connectivity index (χ3v) is 3.40. The fourth-order valence-corrected chi connectivity index (χ4v) is 1.89. The smallest absolute Gasteiger partial charge is 0.287 e. The SMILES string of the molecule is O=C1C(Cl)=C(Cl)C2(OO2)C(Cl)=C1Cl. The molecule has 0 N–H and O–H groups in total. The maximum Gasteiger partial charge on any atom is 0.308 e. The highest BCUT2D eigenvalue weighted by atomic mass is 35.5. The zero-order chi connectivity index (χ0) is 9.80. The second kappa shape index (κ2) is 2.86. The molecular weight excluding hydrogens is 262 g/mol. The summed E-state index contributed by atoms with van der Waals surface area (Å²) < 4.78 is 0. The Hall–Kier alpha value is 0.230. The first-order valence-corrected chi connectivity index (χ1v) is 4.55. The highest BCUT2D eigenvalue weighted by Gasteiger charge is 2.61. The van der Waals surface area contributed by atoms with E-state index in [1.54, 1.807) is 0 Å². The van der Waals surface area contributed by atoms with E-state index in [9.17, 15) is 4.79 Å². The van der Waals surface area contributed by atoms with Crippen LogP contribution in [-0.4, -0.2) is 11.6 Å². The maximum atomic E-state index is 11.2. The predicted octanol–water partition coefficient (Wildman–Crippen LogP) is 2.61. The fourth-order valence-electron chi connectivity index (χ4n) is 0.869. The topological polar surface area (TPSA) is 42.1 Å². The number of carbonyl (C=O) groups is 1. The quantitative estimate of drug-likeness (QED) is 0.497. The van der Waals surface area contributed by atoms with Gasteiger partial charge in [0, 0.05) is 0 Å². The molecule has 13 heavy (non-hydrogen) atoms. The molecule has 0 radical (unpaired) electrons. The lowest BCUT2D eigenvalue weighted by atomic mass is 10.1. The van der Waals surface area contributed by atoms with Crippen molar-refractivity contribution in [2.45, 2.75) is 5.79 Å². The first-order valence-electron chi connectivity index (χ1n) is 3.03. The van der Waals surface area contributed by atoms with Gasteiger partial charge in [0.15, 0.2) is 0 Å². The molecule has 3 nitrogen and oxygen atoms in total. The molecule has 0 aromatic rings. The van der Waals surface area contributed by atoms with Gasteiger partial charge in [0.2, 0.25) is 5.78 Å². The van der Waals surface area contributed by atoms with Crippen molar-refractivity contribution < 1.29 is 14.6 Å². The van der Waals surface area contributed by atoms with Crippen LogP contribution in [0.1, 0.15) is 0 Å². The average Bonchev–Trinajstić information content (AvgIpc) is 2.91. The fraction of sp³-hybridized carbons (Fsp3) is 0.167. The van der Waals surface area contributed by atoms with Gasteiger partial charge in [-0.25, -0.2) is 0 Å². The van der Waals surface area contributed by atoms with Crippen molar-refractivity contribution in [3.8, 4) is 0 Å². The molecule has 0 saturated carbocycles. The Morgan fingerprint density at radius 2 is 1.31 bits per heavy atom. The summed E-state index contributed by atoms with van der Waals surface area (Å²) >= 11 is 22.5. The molecule has 2 rings (SSSR count). The molecule has 0 amide bonds. The Bertz CT molecular complexity index is 336. The van der Waals surface area contributed by atoms with E-state index < -0.39 is 11.6 Å². The monoisotopic (exact) mass is 260 g/mol. The molecule has 1 aliphatic heterocycles. The average molecular weight is 262 g/mol.